The topological polar surface area (TPSA) is 86.9 Å². The molecule has 108 valence electrons. The minimum absolute atomic E-state index is 0.00984. The zero-order valence-corrected chi connectivity index (χ0v) is 11.6. The van der Waals surface area contributed by atoms with Crippen LogP contribution in [0.3, 0.4) is 0 Å². The van der Waals surface area contributed by atoms with Gasteiger partial charge in [-0.1, -0.05) is 11.6 Å². The Bertz CT molecular complexity index is 528. The predicted molar refractivity (Wildman–Crippen MR) is 75.8 cm³/mol. The van der Waals surface area contributed by atoms with Gasteiger partial charge in [-0.25, -0.2) is 0 Å². The predicted octanol–water partition coefficient (Wildman–Crippen LogP) is 0.765. The fraction of sp³-hybridized carbons (Fsp3) is 0.385. The van der Waals surface area contributed by atoms with Crippen molar-refractivity contribution in [3.63, 3.8) is 0 Å². The summed E-state index contributed by atoms with van der Waals surface area (Å²) in [6.45, 7) is 2.14. The maximum atomic E-state index is 12.3. The molecule has 1 fully saturated rings. The number of nitrogen functional groups attached to an aromatic ring is 1. The first-order valence-corrected chi connectivity index (χ1v) is 6.63. The highest BCUT2D eigenvalue weighted by molar-refractivity contribution is 6.33. The summed E-state index contributed by atoms with van der Waals surface area (Å²) in [5.74, 6) is -0.960. The van der Waals surface area contributed by atoms with Gasteiger partial charge in [0.1, 0.15) is 0 Å². The van der Waals surface area contributed by atoms with Crippen molar-refractivity contribution >= 4 is 29.2 Å². The standard InChI is InChI=1S/C13H16ClN3O3/c14-10-2-1-9(7-11(10)15)13(20)17-5-3-16(4-6-17)8-12(18)19/h1-2,7H,3-6,8,15H2,(H,18,19). The second-order valence-corrected chi connectivity index (χ2v) is 5.11. The van der Waals surface area contributed by atoms with Crippen LogP contribution in [0.15, 0.2) is 18.2 Å². The van der Waals surface area contributed by atoms with E-state index in [-0.39, 0.29) is 12.5 Å². The minimum atomic E-state index is -0.852. The van der Waals surface area contributed by atoms with E-state index in [1.54, 1.807) is 23.1 Å². The van der Waals surface area contributed by atoms with Gasteiger partial charge in [-0.15, -0.1) is 0 Å². The monoisotopic (exact) mass is 297 g/mol. The molecule has 3 N–H and O–H groups in total. The first-order chi connectivity index (χ1) is 9.47. The molecule has 0 radical (unpaired) electrons. The minimum Gasteiger partial charge on any atom is -0.480 e. The molecule has 0 aromatic heterocycles. The summed E-state index contributed by atoms with van der Waals surface area (Å²) < 4.78 is 0. The van der Waals surface area contributed by atoms with Gasteiger partial charge in [-0.3, -0.25) is 14.5 Å². The molecule has 1 amide bonds. The highest BCUT2D eigenvalue weighted by atomic mass is 35.5. The van der Waals surface area contributed by atoms with Crippen LogP contribution in [0.25, 0.3) is 0 Å². The number of rotatable bonds is 3. The lowest BCUT2D eigenvalue weighted by Crippen LogP contribution is -2.49. The zero-order valence-electron chi connectivity index (χ0n) is 10.9. The summed E-state index contributed by atoms with van der Waals surface area (Å²) >= 11 is 5.83. The first-order valence-electron chi connectivity index (χ1n) is 6.26. The van der Waals surface area contributed by atoms with Crippen molar-refractivity contribution < 1.29 is 14.7 Å². The van der Waals surface area contributed by atoms with Crippen LogP contribution in [0, 0.1) is 0 Å². The molecule has 20 heavy (non-hydrogen) atoms. The summed E-state index contributed by atoms with van der Waals surface area (Å²) in [4.78, 5) is 26.4. The zero-order chi connectivity index (χ0) is 14.7. The average molecular weight is 298 g/mol. The fourth-order valence-corrected chi connectivity index (χ4v) is 2.28. The van der Waals surface area contributed by atoms with Crippen molar-refractivity contribution in [2.75, 3.05) is 38.5 Å². The lowest BCUT2D eigenvalue weighted by Gasteiger charge is -2.33. The number of carbonyl (C=O) groups is 2. The molecule has 1 aliphatic rings. The quantitative estimate of drug-likeness (QED) is 0.805. The number of nitrogens with zero attached hydrogens (tertiary/aromatic N) is 2. The smallest absolute Gasteiger partial charge is 0.317 e. The summed E-state index contributed by atoms with van der Waals surface area (Å²) in [7, 11) is 0. The van der Waals surface area contributed by atoms with Gasteiger partial charge in [0.25, 0.3) is 5.91 Å². The van der Waals surface area contributed by atoms with Crippen molar-refractivity contribution in [3.8, 4) is 0 Å². The molecule has 0 atom stereocenters. The van der Waals surface area contributed by atoms with Gasteiger partial charge in [-0.2, -0.15) is 0 Å². The fourth-order valence-electron chi connectivity index (χ4n) is 2.16. The van der Waals surface area contributed by atoms with Crippen molar-refractivity contribution in [2.24, 2.45) is 0 Å². The van der Waals surface area contributed by atoms with E-state index in [4.69, 9.17) is 22.4 Å². The van der Waals surface area contributed by atoms with Gasteiger partial charge in [0.15, 0.2) is 0 Å². The molecular formula is C13H16ClN3O3. The Labute approximate surface area is 121 Å². The molecule has 7 heteroatoms. The van der Waals surface area contributed by atoms with E-state index < -0.39 is 5.97 Å². The molecule has 1 heterocycles. The number of anilines is 1. The maximum absolute atomic E-state index is 12.3. The van der Waals surface area contributed by atoms with Crippen LogP contribution in [-0.4, -0.2) is 59.5 Å². The van der Waals surface area contributed by atoms with Gasteiger partial charge in [0.05, 0.1) is 17.3 Å². The number of benzene rings is 1. The van der Waals surface area contributed by atoms with Crippen molar-refractivity contribution in [1.29, 1.82) is 0 Å². The van der Waals surface area contributed by atoms with Crippen LogP contribution in [-0.2, 0) is 4.79 Å². The second-order valence-electron chi connectivity index (χ2n) is 4.70. The van der Waals surface area contributed by atoms with Crippen molar-refractivity contribution in [3.05, 3.63) is 28.8 Å². The number of nitrogens with two attached hydrogens (primary N) is 1. The number of amides is 1. The Morgan fingerprint density at radius 3 is 2.45 bits per heavy atom. The molecular weight excluding hydrogens is 282 g/mol. The van der Waals surface area contributed by atoms with Crippen LogP contribution in [0.1, 0.15) is 10.4 Å². The Morgan fingerprint density at radius 1 is 1.25 bits per heavy atom. The van der Waals surface area contributed by atoms with E-state index >= 15 is 0 Å². The molecule has 1 saturated heterocycles. The third kappa shape index (κ3) is 3.40. The highest BCUT2D eigenvalue weighted by Crippen LogP contribution is 2.20. The second kappa shape index (κ2) is 6.11. The van der Waals surface area contributed by atoms with Gasteiger partial charge >= 0.3 is 5.97 Å². The summed E-state index contributed by atoms with van der Waals surface area (Å²) in [5, 5.41) is 9.15. The first kappa shape index (κ1) is 14.6. The number of hydrogen-bond acceptors (Lipinski definition) is 4. The molecule has 1 aliphatic heterocycles. The third-order valence-electron chi connectivity index (χ3n) is 3.26. The van der Waals surface area contributed by atoms with E-state index in [2.05, 4.69) is 0 Å². The van der Waals surface area contributed by atoms with Crippen LogP contribution in [0.4, 0.5) is 5.69 Å². The summed E-state index contributed by atoms with van der Waals surface area (Å²) in [5.41, 5.74) is 6.56. The number of aliphatic carboxylic acids is 1. The molecule has 1 aromatic carbocycles. The number of piperazine rings is 1. The van der Waals surface area contributed by atoms with Crippen LogP contribution < -0.4 is 5.73 Å². The number of carboxylic acid groups (broad SMARTS) is 1. The van der Waals surface area contributed by atoms with Crippen molar-refractivity contribution in [1.82, 2.24) is 9.80 Å². The molecule has 0 aliphatic carbocycles. The molecule has 0 spiro atoms. The molecule has 1 aromatic rings. The summed E-state index contributed by atoms with van der Waals surface area (Å²) in [6.07, 6.45) is 0. The molecule has 2 rings (SSSR count). The van der Waals surface area contributed by atoms with E-state index in [0.717, 1.165) is 0 Å². The third-order valence-corrected chi connectivity index (χ3v) is 3.61. The van der Waals surface area contributed by atoms with Crippen LogP contribution >= 0.6 is 11.6 Å². The van der Waals surface area contributed by atoms with E-state index in [1.807, 2.05) is 4.90 Å². The largest absolute Gasteiger partial charge is 0.480 e. The molecule has 0 unspecified atom stereocenters. The van der Waals surface area contributed by atoms with Gasteiger partial charge in [-0.05, 0) is 18.2 Å². The van der Waals surface area contributed by atoms with E-state index in [0.29, 0.717) is 42.5 Å². The number of hydrogen-bond donors (Lipinski definition) is 2. The van der Waals surface area contributed by atoms with Gasteiger partial charge in [0, 0.05) is 31.7 Å². The van der Waals surface area contributed by atoms with Crippen LogP contribution in [0.2, 0.25) is 5.02 Å². The Morgan fingerprint density at radius 2 is 1.90 bits per heavy atom. The Balaban J connectivity index is 1.97. The lowest BCUT2D eigenvalue weighted by atomic mass is 10.1. The number of halogens is 1. The molecule has 0 saturated carbocycles. The maximum Gasteiger partial charge on any atom is 0.317 e. The Hall–Kier alpha value is -1.79. The Kier molecular flexibility index (Phi) is 4.46. The highest BCUT2D eigenvalue weighted by Gasteiger charge is 2.23. The molecule has 6 nitrogen and oxygen atoms in total. The molecule has 0 bridgehead atoms. The van der Waals surface area contributed by atoms with E-state index in [1.165, 1.54) is 0 Å². The van der Waals surface area contributed by atoms with E-state index in [9.17, 15) is 9.59 Å². The lowest BCUT2D eigenvalue weighted by molar-refractivity contribution is -0.138. The average Bonchev–Trinajstić information content (AvgIpc) is 2.41. The van der Waals surface area contributed by atoms with Crippen molar-refractivity contribution in [2.45, 2.75) is 0 Å². The number of carbonyl (C=O) groups excluding carboxylic acids is 1. The summed E-state index contributed by atoms with van der Waals surface area (Å²) in [6, 6.07) is 4.81. The normalized spacial score (nSPS) is 16.1. The van der Waals surface area contributed by atoms with Gasteiger partial charge < -0.3 is 15.7 Å². The van der Waals surface area contributed by atoms with Gasteiger partial charge in [0.2, 0.25) is 0 Å². The van der Waals surface area contributed by atoms with Crippen LogP contribution in [0.5, 0.6) is 0 Å². The SMILES string of the molecule is Nc1cc(C(=O)N2CCN(CC(=O)O)CC2)ccc1Cl. The number of carboxylic acids is 1.